The summed E-state index contributed by atoms with van der Waals surface area (Å²) in [5.41, 5.74) is 7.64. The summed E-state index contributed by atoms with van der Waals surface area (Å²) >= 11 is 0. The molecule has 0 atom stereocenters. The zero-order valence-corrected chi connectivity index (χ0v) is 19.0. The molecule has 0 amide bonds. The summed E-state index contributed by atoms with van der Waals surface area (Å²) in [5, 5.41) is 4.83. The van der Waals surface area contributed by atoms with E-state index < -0.39 is 0 Å². The van der Waals surface area contributed by atoms with Crippen LogP contribution in [0, 0.1) is 0 Å². The molecule has 3 heteroatoms. The lowest BCUT2D eigenvalue weighted by atomic mass is 10.0. The van der Waals surface area contributed by atoms with E-state index in [1.54, 1.807) is 0 Å². The summed E-state index contributed by atoms with van der Waals surface area (Å²) in [6.45, 7) is 0. The van der Waals surface area contributed by atoms with E-state index in [0.29, 0.717) is 0 Å². The predicted molar refractivity (Wildman–Crippen MR) is 145 cm³/mol. The zero-order chi connectivity index (χ0) is 23.2. The van der Waals surface area contributed by atoms with Gasteiger partial charge in [-0.25, -0.2) is 0 Å². The average Bonchev–Trinajstić information content (AvgIpc) is 3.27. The van der Waals surface area contributed by atoms with Gasteiger partial charge in [-0.15, -0.1) is 0 Å². The number of hydrogen-bond acceptors (Lipinski definition) is 2. The van der Waals surface area contributed by atoms with Gasteiger partial charge in [-0.1, -0.05) is 72.8 Å². The Labute approximate surface area is 203 Å². The van der Waals surface area contributed by atoms with E-state index in [9.17, 15) is 0 Å². The number of pyridine rings is 2. The maximum absolute atomic E-state index is 4.78. The van der Waals surface area contributed by atoms with Crippen molar-refractivity contribution in [2.75, 3.05) is 0 Å². The third-order valence-corrected chi connectivity index (χ3v) is 6.69. The molecule has 0 radical (unpaired) electrons. The van der Waals surface area contributed by atoms with Crippen molar-refractivity contribution in [3.8, 4) is 28.2 Å². The van der Waals surface area contributed by atoms with E-state index in [-0.39, 0.29) is 0 Å². The molecule has 0 saturated carbocycles. The molecule has 3 nitrogen and oxygen atoms in total. The second-order valence-corrected chi connectivity index (χ2v) is 8.73. The van der Waals surface area contributed by atoms with E-state index in [4.69, 9.17) is 4.98 Å². The third kappa shape index (κ3) is 3.21. The van der Waals surface area contributed by atoms with Crippen molar-refractivity contribution < 1.29 is 0 Å². The van der Waals surface area contributed by atoms with E-state index in [1.807, 2.05) is 24.5 Å². The SMILES string of the molecule is c1ccc(-c2cccc(-n3c4ccccc4c4ccc(-c5nccc6ccccc56)cc43)c2)nc1. The fourth-order valence-corrected chi connectivity index (χ4v) is 5.08. The molecule has 7 rings (SSSR count). The molecule has 3 aromatic heterocycles. The Morgan fingerprint density at radius 1 is 0.486 bits per heavy atom. The molecular weight excluding hydrogens is 426 g/mol. The Hall–Kier alpha value is -4.76. The van der Waals surface area contributed by atoms with Gasteiger partial charge in [-0.2, -0.15) is 0 Å². The van der Waals surface area contributed by atoms with Crippen molar-refractivity contribution in [2.45, 2.75) is 0 Å². The van der Waals surface area contributed by atoms with Crippen LogP contribution in [0.3, 0.4) is 0 Å². The second kappa shape index (κ2) is 7.93. The Morgan fingerprint density at radius 3 is 2.23 bits per heavy atom. The summed E-state index contributed by atoms with van der Waals surface area (Å²) < 4.78 is 2.35. The summed E-state index contributed by atoms with van der Waals surface area (Å²) in [6, 6.07) is 40.4. The van der Waals surface area contributed by atoms with E-state index in [0.717, 1.165) is 39.1 Å². The first-order valence-electron chi connectivity index (χ1n) is 11.8. The molecular formula is C32H21N3. The fraction of sp³-hybridized carbons (Fsp3) is 0. The summed E-state index contributed by atoms with van der Waals surface area (Å²) in [7, 11) is 0. The highest BCUT2D eigenvalue weighted by molar-refractivity contribution is 6.10. The number of para-hydroxylation sites is 1. The molecule has 0 saturated heterocycles. The minimum absolute atomic E-state index is 0.968. The molecule has 0 aliphatic rings. The number of aromatic nitrogens is 3. The monoisotopic (exact) mass is 447 g/mol. The van der Waals surface area contributed by atoms with Crippen molar-refractivity contribution in [2.24, 2.45) is 0 Å². The van der Waals surface area contributed by atoms with Crippen LogP contribution in [0.1, 0.15) is 0 Å². The minimum atomic E-state index is 0.968. The van der Waals surface area contributed by atoms with Gasteiger partial charge >= 0.3 is 0 Å². The lowest BCUT2D eigenvalue weighted by Crippen LogP contribution is -1.95. The van der Waals surface area contributed by atoms with Crippen LogP contribution < -0.4 is 0 Å². The zero-order valence-electron chi connectivity index (χ0n) is 19.0. The minimum Gasteiger partial charge on any atom is -0.309 e. The number of benzene rings is 4. The smallest absolute Gasteiger partial charge is 0.0781 e. The number of rotatable bonds is 3. The van der Waals surface area contributed by atoms with Gasteiger partial charge in [0.25, 0.3) is 0 Å². The summed E-state index contributed by atoms with van der Waals surface area (Å²) in [6.07, 6.45) is 3.74. The Balaban J connectivity index is 1.51. The molecule has 0 unspecified atom stereocenters. The van der Waals surface area contributed by atoms with Gasteiger partial charge in [0.2, 0.25) is 0 Å². The van der Waals surface area contributed by atoms with Crippen molar-refractivity contribution in [3.05, 3.63) is 128 Å². The highest BCUT2D eigenvalue weighted by Gasteiger charge is 2.15. The normalized spacial score (nSPS) is 11.4. The van der Waals surface area contributed by atoms with Crippen LogP contribution in [0.2, 0.25) is 0 Å². The maximum Gasteiger partial charge on any atom is 0.0781 e. The van der Waals surface area contributed by atoms with Crippen LogP contribution in [0.15, 0.2) is 128 Å². The molecule has 164 valence electrons. The highest BCUT2D eigenvalue weighted by Crippen LogP contribution is 2.36. The quantitative estimate of drug-likeness (QED) is 0.274. The molecule has 4 aromatic carbocycles. The molecule has 0 aliphatic carbocycles. The predicted octanol–water partition coefficient (Wildman–Crippen LogP) is 8.06. The molecule has 7 aromatic rings. The summed E-state index contributed by atoms with van der Waals surface area (Å²) in [4.78, 5) is 9.34. The number of fused-ring (bicyclic) bond motifs is 4. The summed E-state index contributed by atoms with van der Waals surface area (Å²) in [5.74, 6) is 0. The average molecular weight is 448 g/mol. The Kier molecular flexibility index (Phi) is 4.46. The lowest BCUT2D eigenvalue weighted by molar-refractivity contribution is 1.18. The van der Waals surface area contributed by atoms with Gasteiger partial charge in [-0.3, -0.25) is 9.97 Å². The van der Waals surface area contributed by atoms with Crippen LogP contribution in [0.4, 0.5) is 0 Å². The molecule has 35 heavy (non-hydrogen) atoms. The molecule has 0 bridgehead atoms. The molecule has 0 aliphatic heterocycles. The molecule has 0 N–H and O–H groups in total. The van der Waals surface area contributed by atoms with Crippen molar-refractivity contribution >= 4 is 32.6 Å². The molecule has 0 fully saturated rings. The molecule has 0 spiro atoms. The van der Waals surface area contributed by atoms with Crippen molar-refractivity contribution in [3.63, 3.8) is 0 Å². The standard InChI is InChI=1S/C32H21N3/c1-2-11-26-22(8-1)17-19-34-32(26)24-15-16-28-27-12-3-4-14-30(27)35(31(28)21-24)25-10-7-9-23(20-25)29-13-5-6-18-33-29/h1-21H. The van der Waals surface area contributed by atoms with Crippen LogP contribution >= 0.6 is 0 Å². The van der Waals surface area contributed by atoms with Gasteiger partial charge in [0.1, 0.15) is 0 Å². The van der Waals surface area contributed by atoms with Gasteiger partial charge in [0, 0.05) is 45.4 Å². The van der Waals surface area contributed by atoms with E-state index >= 15 is 0 Å². The number of nitrogens with zero attached hydrogens (tertiary/aromatic N) is 3. The first-order valence-corrected chi connectivity index (χ1v) is 11.8. The first kappa shape index (κ1) is 19.7. The molecule has 3 heterocycles. The Bertz CT molecular complexity index is 1840. The van der Waals surface area contributed by atoms with Crippen LogP contribution in [0.25, 0.3) is 60.8 Å². The first-order chi connectivity index (χ1) is 17.4. The topological polar surface area (TPSA) is 30.7 Å². The van der Waals surface area contributed by atoms with Crippen molar-refractivity contribution in [1.82, 2.24) is 14.5 Å². The van der Waals surface area contributed by atoms with Crippen molar-refractivity contribution in [1.29, 1.82) is 0 Å². The third-order valence-electron chi connectivity index (χ3n) is 6.69. The van der Waals surface area contributed by atoms with Crippen LogP contribution in [-0.2, 0) is 0 Å². The van der Waals surface area contributed by atoms with Gasteiger partial charge in [0.05, 0.1) is 22.4 Å². The largest absolute Gasteiger partial charge is 0.309 e. The van der Waals surface area contributed by atoms with Crippen LogP contribution in [0.5, 0.6) is 0 Å². The van der Waals surface area contributed by atoms with Gasteiger partial charge in [-0.05, 0) is 47.9 Å². The maximum atomic E-state index is 4.78. The second-order valence-electron chi connectivity index (χ2n) is 8.73. The fourth-order valence-electron chi connectivity index (χ4n) is 5.08. The van der Waals surface area contributed by atoms with E-state index in [1.165, 1.54) is 21.7 Å². The number of hydrogen-bond donors (Lipinski definition) is 0. The lowest BCUT2D eigenvalue weighted by Gasteiger charge is -2.11. The highest BCUT2D eigenvalue weighted by atomic mass is 15.0. The van der Waals surface area contributed by atoms with Gasteiger partial charge in [0.15, 0.2) is 0 Å². The van der Waals surface area contributed by atoms with E-state index in [2.05, 4.69) is 113 Å². The Morgan fingerprint density at radius 2 is 1.31 bits per heavy atom. The van der Waals surface area contributed by atoms with Crippen LogP contribution in [-0.4, -0.2) is 14.5 Å². The van der Waals surface area contributed by atoms with Gasteiger partial charge < -0.3 is 4.57 Å².